The average Bonchev–Trinajstić information content (AvgIpc) is 3.42. The van der Waals surface area contributed by atoms with Crippen LogP contribution in [0, 0.1) is 0 Å². The molecular formula is C32H27IN6O3S. The Morgan fingerprint density at radius 2 is 1.60 bits per heavy atom. The van der Waals surface area contributed by atoms with Crippen LogP contribution >= 0.6 is 33.9 Å². The Balaban J connectivity index is 1.12. The molecule has 0 unspecified atom stereocenters. The molecule has 0 atom stereocenters. The summed E-state index contributed by atoms with van der Waals surface area (Å²) in [5.41, 5.74) is 6.39. The minimum absolute atomic E-state index is 0.309. The highest BCUT2D eigenvalue weighted by Crippen LogP contribution is 2.45. The van der Waals surface area contributed by atoms with E-state index in [1.54, 1.807) is 0 Å². The van der Waals surface area contributed by atoms with E-state index < -0.39 is 0 Å². The van der Waals surface area contributed by atoms with Crippen molar-refractivity contribution in [3.8, 4) is 11.1 Å². The maximum absolute atomic E-state index is 13.5. The molecular weight excluding hydrogens is 675 g/mol. The van der Waals surface area contributed by atoms with E-state index in [9.17, 15) is 9.59 Å². The predicted molar refractivity (Wildman–Crippen MR) is 179 cm³/mol. The molecule has 1 fully saturated rings. The normalized spacial score (nSPS) is 15.0. The van der Waals surface area contributed by atoms with Crippen molar-refractivity contribution in [2.24, 2.45) is 0 Å². The third-order valence-corrected chi connectivity index (χ3v) is 9.59. The van der Waals surface area contributed by atoms with Gasteiger partial charge in [-0.15, -0.1) is 11.3 Å². The molecule has 2 aromatic heterocycles. The second-order valence-corrected chi connectivity index (χ2v) is 12.1. The highest BCUT2D eigenvalue weighted by molar-refractivity contribution is 14.1. The van der Waals surface area contributed by atoms with Gasteiger partial charge in [-0.1, -0.05) is 71.1 Å². The van der Waals surface area contributed by atoms with Crippen molar-refractivity contribution < 1.29 is 14.3 Å². The molecule has 1 saturated heterocycles. The molecule has 2 aliphatic heterocycles. The van der Waals surface area contributed by atoms with Gasteiger partial charge in [0.05, 0.1) is 30.0 Å². The minimum atomic E-state index is -0.383. The van der Waals surface area contributed by atoms with Crippen LogP contribution in [-0.4, -0.2) is 53.1 Å². The highest BCUT2D eigenvalue weighted by atomic mass is 127. The molecule has 0 saturated carbocycles. The Kier molecular flexibility index (Phi) is 7.78. The predicted octanol–water partition coefficient (Wildman–Crippen LogP) is 7.06. The summed E-state index contributed by atoms with van der Waals surface area (Å²) in [5, 5.41) is 6.57. The Morgan fingerprint density at radius 3 is 2.30 bits per heavy atom. The van der Waals surface area contributed by atoms with E-state index in [-0.39, 0.29) is 11.9 Å². The van der Waals surface area contributed by atoms with Crippen LogP contribution in [0.25, 0.3) is 21.3 Å². The fraction of sp³-hybridized carbons (Fsp3) is 0.188. The number of hydrogen-bond acceptors (Lipinski definition) is 7. The number of aromatic nitrogens is 2. The number of alkyl halides is 1. The first kappa shape index (κ1) is 27.9. The topological polar surface area (TPSA) is 99.7 Å². The second-order valence-electron chi connectivity index (χ2n) is 10.4. The van der Waals surface area contributed by atoms with Crippen LogP contribution in [0.2, 0.25) is 0 Å². The summed E-state index contributed by atoms with van der Waals surface area (Å²) in [6.07, 6.45) is 1.43. The quantitative estimate of drug-likeness (QED) is 0.139. The van der Waals surface area contributed by atoms with Gasteiger partial charge >= 0.3 is 6.03 Å². The molecule has 216 valence electrons. The molecule has 9 nitrogen and oxygen atoms in total. The number of thiophene rings is 1. The molecule has 0 radical (unpaired) electrons. The van der Waals surface area contributed by atoms with Gasteiger partial charge in [-0.25, -0.2) is 19.7 Å². The number of amides is 3. The van der Waals surface area contributed by atoms with Gasteiger partial charge in [-0.3, -0.25) is 9.69 Å². The maximum atomic E-state index is 13.5. The zero-order chi connectivity index (χ0) is 29.3. The van der Waals surface area contributed by atoms with Crippen LogP contribution in [0.5, 0.6) is 0 Å². The average molecular weight is 703 g/mol. The third-order valence-electron chi connectivity index (χ3n) is 7.61. The van der Waals surface area contributed by atoms with Gasteiger partial charge < -0.3 is 15.4 Å². The lowest BCUT2D eigenvalue weighted by Gasteiger charge is -2.27. The van der Waals surface area contributed by atoms with Crippen LogP contribution in [0.4, 0.5) is 27.7 Å². The number of ether oxygens (including phenoxy) is 1. The summed E-state index contributed by atoms with van der Waals surface area (Å²) in [6, 6.07) is 23.7. The smallest absolute Gasteiger partial charge is 0.332 e. The van der Waals surface area contributed by atoms with Crippen molar-refractivity contribution in [1.29, 1.82) is 0 Å². The Hall–Kier alpha value is -3.91. The highest BCUT2D eigenvalue weighted by Gasteiger charge is 2.33. The monoisotopic (exact) mass is 702 g/mol. The summed E-state index contributed by atoms with van der Waals surface area (Å²) >= 11 is 3.59. The molecule has 0 aliphatic carbocycles. The minimum Gasteiger partial charge on any atom is -0.379 e. The molecule has 4 heterocycles. The standard InChI is InChI=1S/C32H27IN6O3S/c33-17-20-1-5-22(6-2-20)23-7-11-25(12-8-23)39-29-26-27(37-32(39)41)28(43-31(26)35-19-34-29)30(40)36-24-9-3-21(4-10-24)18-38-13-15-42-16-14-38/h1-12,19H,13-18H2,(H,36,40)(H,37,41). The van der Waals surface area contributed by atoms with E-state index in [0.717, 1.165) is 48.4 Å². The van der Waals surface area contributed by atoms with Crippen molar-refractivity contribution in [2.75, 3.05) is 41.8 Å². The molecule has 3 amide bonds. The molecule has 43 heavy (non-hydrogen) atoms. The number of nitrogens with one attached hydrogen (secondary N) is 2. The first-order chi connectivity index (χ1) is 21.1. The van der Waals surface area contributed by atoms with Crippen LogP contribution < -0.4 is 15.5 Å². The first-order valence-corrected chi connectivity index (χ1v) is 16.3. The zero-order valence-corrected chi connectivity index (χ0v) is 26.0. The summed E-state index contributed by atoms with van der Waals surface area (Å²) in [7, 11) is 0. The second kappa shape index (κ2) is 12.0. The fourth-order valence-electron chi connectivity index (χ4n) is 5.35. The number of carbonyl (C=O) groups excluding carboxylic acids is 2. The van der Waals surface area contributed by atoms with Gasteiger partial charge in [0.2, 0.25) is 0 Å². The summed E-state index contributed by atoms with van der Waals surface area (Å²) in [6.45, 7) is 4.19. The van der Waals surface area contributed by atoms with E-state index >= 15 is 0 Å². The number of hydrogen-bond donors (Lipinski definition) is 2. The molecule has 11 heteroatoms. The van der Waals surface area contributed by atoms with Gasteiger partial charge in [0, 0.05) is 29.7 Å². The number of anilines is 4. The Bertz CT molecular complexity index is 1800. The van der Waals surface area contributed by atoms with Crippen molar-refractivity contribution in [3.05, 3.63) is 95.1 Å². The number of rotatable bonds is 7. The van der Waals surface area contributed by atoms with Crippen molar-refractivity contribution in [2.45, 2.75) is 11.0 Å². The zero-order valence-electron chi connectivity index (χ0n) is 23.0. The Labute approximate surface area is 266 Å². The van der Waals surface area contributed by atoms with Gasteiger partial charge in [0.1, 0.15) is 16.0 Å². The number of nitrogens with zero attached hydrogens (tertiary/aromatic N) is 4. The molecule has 0 bridgehead atoms. The molecule has 2 N–H and O–H groups in total. The summed E-state index contributed by atoms with van der Waals surface area (Å²) in [4.78, 5) is 40.7. The number of carbonyl (C=O) groups is 2. The molecule has 7 rings (SSSR count). The first-order valence-electron chi connectivity index (χ1n) is 13.9. The van der Waals surface area contributed by atoms with Crippen LogP contribution in [0.1, 0.15) is 20.8 Å². The molecule has 2 aliphatic rings. The number of morpholine rings is 1. The third kappa shape index (κ3) is 5.60. The van der Waals surface area contributed by atoms with Crippen LogP contribution in [0.3, 0.4) is 0 Å². The largest absolute Gasteiger partial charge is 0.379 e. The van der Waals surface area contributed by atoms with Crippen molar-refractivity contribution in [1.82, 2.24) is 14.9 Å². The lowest BCUT2D eigenvalue weighted by molar-refractivity contribution is 0.0342. The molecule has 5 aromatic rings. The lowest BCUT2D eigenvalue weighted by Crippen LogP contribution is -2.35. The van der Waals surface area contributed by atoms with Gasteiger partial charge in [0.25, 0.3) is 5.91 Å². The number of benzene rings is 3. The summed E-state index contributed by atoms with van der Waals surface area (Å²) < 4.78 is 6.39. The van der Waals surface area contributed by atoms with E-state index in [2.05, 4.69) is 72.4 Å². The Morgan fingerprint density at radius 1 is 0.930 bits per heavy atom. The van der Waals surface area contributed by atoms with Crippen molar-refractivity contribution in [3.63, 3.8) is 0 Å². The lowest BCUT2D eigenvalue weighted by atomic mass is 10.0. The van der Waals surface area contributed by atoms with Gasteiger partial charge in [-0.05, 0) is 46.5 Å². The van der Waals surface area contributed by atoms with Gasteiger partial charge in [0.15, 0.2) is 5.82 Å². The number of halogens is 1. The van der Waals surface area contributed by atoms with E-state index in [1.807, 2.05) is 48.5 Å². The molecule has 3 aromatic carbocycles. The number of urea groups is 1. The van der Waals surface area contributed by atoms with Gasteiger partial charge in [-0.2, -0.15) is 0 Å². The van der Waals surface area contributed by atoms with E-state index in [0.29, 0.717) is 38.0 Å². The molecule has 0 spiro atoms. The van der Waals surface area contributed by atoms with E-state index in [4.69, 9.17) is 4.74 Å². The maximum Gasteiger partial charge on any atom is 0.332 e. The van der Waals surface area contributed by atoms with Crippen molar-refractivity contribution >= 4 is 79.0 Å². The van der Waals surface area contributed by atoms with Crippen LogP contribution in [-0.2, 0) is 15.7 Å². The fourth-order valence-corrected chi connectivity index (χ4v) is 6.85. The SMILES string of the molecule is O=C(Nc1ccc(CN2CCOCC2)cc1)c1sc2ncnc3c2c1NC(=O)N3c1ccc(-c2ccc(CI)cc2)cc1. The van der Waals surface area contributed by atoms with Crippen LogP contribution in [0.15, 0.2) is 79.1 Å². The van der Waals surface area contributed by atoms with E-state index in [1.165, 1.54) is 33.7 Å². The summed E-state index contributed by atoms with van der Waals surface area (Å²) in [5.74, 6) is 0.141.